The maximum Gasteiger partial charge on any atom is 0.253 e. The second-order valence-corrected chi connectivity index (χ2v) is 7.70. The molecule has 0 amide bonds. The fraction of sp³-hybridized carbons (Fsp3) is 0.333. The number of ether oxygens (including phenoxy) is 2. The van der Waals surface area contributed by atoms with Crippen LogP contribution in [0.3, 0.4) is 0 Å². The van der Waals surface area contributed by atoms with E-state index in [1.807, 2.05) is 23.1 Å². The Bertz CT molecular complexity index is 1150. The summed E-state index contributed by atoms with van der Waals surface area (Å²) in [7, 11) is 3.18. The Labute approximate surface area is 185 Å². The van der Waals surface area contributed by atoms with Gasteiger partial charge >= 0.3 is 0 Å². The Morgan fingerprint density at radius 1 is 0.875 bits per heavy atom. The first kappa shape index (κ1) is 21.7. The third-order valence-corrected chi connectivity index (χ3v) is 5.84. The molecule has 3 aromatic rings. The molecular weight excluding hydrogens is 413 g/mol. The smallest absolute Gasteiger partial charge is 0.253 e. The molecule has 0 radical (unpaired) electrons. The Morgan fingerprint density at radius 2 is 1.53 bits per heavy atom. The van der Waals surface area contributed by atoms with Crippen LogP contribution in [0.1, 0.15) is 5.56 Å². The van der Waals surface area contributed by atoms with Crippen LogP contribution in [0.15, 0.2) is 52.1 Å². The number of rotatable bonds is 8. The summed E-state index contributed by atoms with van der Waals surface area (Å²) in [6.07, 6.45) is 0.664. The van der Waals surface area contributed by atoms with E-state index in [0.717, 1.165) is 11.3 Å². The molecule has 1 aliphatic rings. The SMILES string of the molecule is COc1ccc(CCNc2c(N3CCN(c4ccc(F)cc4)CC3)c(=O)c2=O)cc1OC. The van der Waals surface area contributed by atoms with Crippen molar-refractivity contribution >= 4 is 17.1 Å². The van der Waals surface area contributed by atoms with Crippen LogP contribution >= 0.6 is 0 Å². The molecule has 0 bridgehead atoms. The van der Waals surface area contributed by atoms with Gasteiger partial charge in [-0.25, -0.2) is 4.39 Å². The maximum atomic E-state index is 13.2. The van der Waals surface area contributed by atoms with Gasteiger partial charge < -0.3 is 24.6 Å². The Balaban J connectivity index is 1.36. The number of anilines is 3. The predicted molar refractivity (Wildman–Crippen MR) is 124 cm³/mol. The topological polar surface area (TPSA) is 71.1 Å². The zero-order valence-electron chi connectivity index (χ0n) is 18.2. The lowest BCUT2D eigenvalue weighted by Crippen LogP contribution is -2.51. The highest BCUT2D eigenvalue weighted by Gasteiger charge is 2.28. The van der Waals surface area contributed by atoms with Crippen molar-refractivity contribution in [2.45, 2.75) is 6.42 Å². The minimum Gasteiger partial charge on any atom is -0.493 e. The zero-order valence-corrected chi connectivity index (χ0v) is 18.2. The van der Waals surface area contributed by atoms with Crippen LogP contribution in [0.25, 0.3) is 0 Å². The number of benzene rings is 2. The van der Waals surface area contributed by atoms with Gasteiger partial charge in [0.05, 0.1) is 14.2 Å². The normalized spacial score (nSPS) is 14.0. The van der Waals surface area contributed by atoms with Crippen molar-refractivity contribution in [1.82, 2.24) is 0 Å². The number of nitrogens with zero attached hydrogens (tertiary/aromatic N) is 2. The van der Waals surface area contributed by atoms with Crippen molar-refractivity contribution in [3.8, 4) is 11.5 Å². The van der Waals surface area contributed by atoms with Gasteiger partial charge in [-0.05, 0) is 48.4 Å². The minimum atomic E-state index is -0.465. The summed E-state index contributed by atoms with van der Waals surface area (Å²) in [4.78, 5) is 28.6. The molecule has 0 spiro atoms. The van der Waals surface area contributed by atoms with Crippen LogP contribution in [0.5, 0.6) is 11.5 Å². The average Bonchev–Trinajstić information content (AvgIpc) is 2.83. The fourth-order valence-corrected chi connectivity index (χ4v) is 4.05. The molecule has 3 aromatic carbocycles. The quantitative estimate of drug-likeness (QED) is 0.541. The van der Waals surface area contributed by atoms with Gasteiger partial charge in [-0.15, -0.1) is 0 Å². The summed E-state index contributed by atoms with van der Waals surface area (Å²) in [5.74, 6) is 1.05. The highest BCUT2D eigenvalue weighted by atomic mass is 19.1. The Kier molecular flexibility index (Phi) is 6.30. The van der Waals surface area contributed by atoms with Crippen LogP contribution in [0.4, 0.5) is 21.5 Å². The van der Waals surface area contributed by atoms with Gasteiger partial charge in [-0.2, -0.15) is 0 Å². The fourth-order valence-electron chi connectivity index (χ4n) is 4.05. The van der Waals surface area contributed by atoms with Gasteiger partial charge in [-0.3, -0.25) is 9.59 Å². The van der Waals surface area contributed by atoms with Crippen molar-refractivity contribution in [3.05, 3.63) is 74.3 Å². The number of halogens is 1. The molecular formula is C24H26FN3O4. The highest BCUT2D eigenvalue weighted by molar-refractivity contribution is 5.75. The van der Waals surface area contributed by atoms with Gasteiger partial charge in [0.1, 0.15) is 17.2 Å². The molecule has 0 unspecified atom stereocenters. The summed E-state index contributed by atoms with van der Waals surface area (Å²) < 4.78 is 23.7. The third-order valence-electron chi connectivity index (χ3n) is 5.84. The first-order valence-corrected chi connectivity index (χ1v) is 10.6. The minimum absolute atomic E-state index is 0.264. The van der Waals surface area contributed by atoms with E-state index < -0.39 is 10.9 Å². The van der Waals surface area contributed by atoms with E-state index in [4.69, 9.17) is 9.47 Å². The third kappa shape index (κ3) is 4.26. The van der Waals surface area contributed by atoms with E-state index in [9.17, 15) is 14.0 Å². The van der Waals surface area contributed by atoms with E-state index in [0.29, 0.717) is 62.0 Å². The Hall–Kier alpha value is -3.55. The van der Waals surface area contributed by atoms with E-state index in [1.54, 1.807) is 26.4 Å². The molecule has 1 aliphatic heterocycles. The lowest BCUT2D eigenvalue weighted by atomic mass is 10.1. The van der Waals surface area contributed by atoms with Crippen LogP contribution in [-0.4, -0.2) is 46.9 Å². The second kappa shape index (κ2) is 9.30. The molecule has 168 valence electrons. The van der Waals surface area contributed by atoms with Gasteiger partial charge in [0.15, 0.2) is 11.5 Å². The van der Waals surface area contributed by atoms with Gasteiger partial charge in [0.25, 0.3) is 10.9 Å². The molecule has 8 heteroatoms. The van der Waals surface area contributed by atoms with E-state index in [1.165, 1.54) is 12.1 Å². The molecule has 7 nitrogen and oxygen atoms in total. The summed E-state index contributed by atoms with van der Waals surface area (Å²) in [6.45, 7) is 3.13. The molecule has 4 rings (SSSR count). The summed E-state index contributed by atoms with van der Waals surface area (Å²) in [5, 5.41) is 3.15. The summed E-state index contributed by atoms with van der Waals surface area (Å²) in [5.41, 5.74) is 1.95. The number of hydrogen-bond acceptors (Lipinski definition) is 7. The molecule has 0 aliphatic carbocycles. The van der Waals surface area contributed by atoms with Gasteiger partial charge in [0, 0.05) is 38.4 Å². The zero-order chi connectivity index (χ0) is 22.7. The van der Waals surface area contributed by atoms with Crippen LogP contribution in [0, 0.1) is 5.82 Å². The summed E-state index contributed by atoms with van der Waals surface area (Å²) >= 11 is 0. The van der Waals surface area contributed by atoms with Gasteiger partial charge in [-0.1, -0.05) is 6.07 Å². The standard InChI is InChI=1S/C24H26FN3O4/c1-31-19-8-3-16(15-20(19)32-2)9-10-26-21-22(24(30)23(21)29)28-13-11-27(12-14-28)18-6-4-17(25)5-7-18/h3-8,15,26H,9-14H2,1-2H3. The lowest BCUT2D eigenvalue weighted by Gasteiger charge is -2.38. The number of nitrogens with one attached hydrogen (secondary N) is 1. The van der Waals surface area contributed by atoms with E-state index >= 15 is 0 Å². The van der Waals surface area contributed by atoms with Crippen molar-refractivity contribution in [1.29, 1.82) is 0 Å². The first-order chi connectivity index (χ1) is 15.5. The summed E-state index contributed by atoms with van der Waals surface area (Å²) in [6, 6.07) is 12.1. The molecule has 1 N–H and O–H groups in total. The van der Waals surface area contributed by atoms with Crippen LogP contribution in [0.2, 0.25) is 0 Å². The molecule has 1 saturated heterocycles. The predicted octanol–water partition coefficient (Wildman–Crippen LogP) is 2.42. The molecule has 1 heterocycles. The maximum absolute atomic E-state index is 13.2. The number of hydrogen-bond donors (Lipinski definition) is 1. The first-order valence-electron chi connectivity index (χ1n) is 10.6. The largest absolute Gasteiger partial charge is 0.493 e. The van der Waals surface area contributed by atoms with Crippen molar-refractivity contribution in [2.24, 2.45) is 0 Å². The molecule has 0 aromatic heterocycles. The van der Waals surface area contributed by atoms with Crippen molar-refractivity contribution in [2.75, 3.05) is 62.1 Å². The molecule has 32 heavy (non-hydrogen) atoms. The highest BCUT2D eigenvalue weighted by Crippen LogP contribution is 2.28. The Morgan fingerprint density at radius 3 is 2.19 bits per heavy atom. The molecule has 0 atom stereocenters. The van der Waals surface area contributed by atoms with Crippen molar-refractivity contribution < 1.29 is 13.9 Å². The monoisotopic (exact) mass is 439 g/mol. The average molecular weight is 439 g/mol. The number of piperazine rings is 1. The van der Waals surface area contributed by atoms with E-state index in [2.05, 4.69) is 10.2 Å². The molecule has 1 fully saturated rings. The van der Waals surface area contributed by atoms with Crippen molar-refractivity contribution in [3.63, 3.8) is 0 Å². The number of methoxy groups -OCH3 is 2. The lowest BCUT2D eigenvalue weighted by molar-refractivity contribution is 0.354. The van der Waals surface area contributed by atoms with Gasteiger partial charge in [0.2, 0.25) is 0 Å². The van der Waals surface area contributed by atoms with E-state index in [-0.39, 0.29) is 5.82 Å². The van der Waals surface area contributed by atoms with Crippen LogP contribution in [-0.2, 0) is 6.42 Å². The van der Waals surface area contributed by atoms with Crippen LogP contribution < -0.4 is 35.4 Å². The second-order valence-electron chi connectivity index (χ2n) is 7.70. The molecule has 0 saturated carbocycles.